The molecular weight excluding hydrogens is 407 g/mol. The number of thioether (sulfide) groups is 1. The van der Waals surface area contributed by atoms with Gasteiger partial charge in [-0.3, -0.25) is 4.79 Å². The van der Waals surface area contributed by atoms with Crippen molar-refractivity contribution >= 4 is 44.9 Å². The van der Waals surface area contributed by atoms with Gasteiger partial charge >= 0.3 is 0 Å². The van der Waals surface area contributed by atoms with E-state index in [1.807, 2.05) is 22.8 Å². The fourth-order valence-corrected chi connectivity index (χ4v) is 5.49. The maximum atomic E-state index is 14.0. The SMILES string of the molecule is CCc1cc2c(SCC(=O)N3CCN(c4ccccc4F)CC3)nc(C)nc2s1. The molecule has 152 valence electrons. The van der Waals surface area contributed by atoms with Crippen LogP contribution < -0.4 is 4.90 Å². The van der Waals surface area contributed by atoms with Gasteiger partial charge in [-0.2, -0.15) is 0 Å². The Kier molecular flexibility index (Phi) is 6.01. The zero-order valence-electron chi connectivity index (χ0n) is 16.5. The van der Waals surface area contributed by atoms with Gasteiger partial charge in [0.1, 0.15) is 21.5 Å². The molecule has 0 saturated carbocycles. The number of hydrogen-bond acceptors (Lipinski definition) is 6. The monoisotopic (exact) mass is 430 g/mol. The normalized spacial score (nSPS) is 14.6. The van der Waals surface area contributed by atoms with Crippen LogP contribution in [0.5, 0.6) is 0 Å². The van der Waals surface area contributed by atoms with Crippen LogP contribution in [0, 0.1) is 12.7 Å². The summed E-state index contributed by atoms with van der Waals surface area (Å²) in [5, 5.41) is 1.92. The van der Waals surface area contributed by atoms with E-state index in [4.69, 9.17) is 0 Å². The minimum Gasteiger partial charge on any atom is -0.366 e. The summed E-state index contributed by atoms with van der Waals surface area (Å²) < 4.78 is 14.0. The maximum absolute atomic E-state index is 14.0. The summed E-state index contributed by atoms with van der Waals surface area (Å²) in [6, 6.07) is 8.93. The van der Waals surface area contributed by atoms with Crippen molar-refractivity contribution in [3.63, 3.8) is 0 Å². The minimum atomic E-state index is -0.215. The molecule has 8 heteroatoms. The van der Waals surface area contributed by atoms with E-state index in [-0.39, 0.29) is 11.7 Å². The summed E-state index contributed by atoms with van der Waals surface area (Å²) in [5.74, 6) is 0.963. The number of carbonyl (C=O) groups is 1. The molecule has 0 radical (unpaired) electrons. The summed E-state index contributed by atoms with van der Waals surface area (Å²) >= 11 is 3.17. The molecule has 1 aromatic carbocycles. The number of para-hydroxylation sites is 1. The first-order valence-electron chi connectivity index (χ1n) is 9.72. The van der Waals surface area contributed by atoms with Crippen molar-refractivity contribution in [1.29, 1.82) is 0 Å². The Bertz CT molecular complexity index is 1030. The molecule has 0 atom stereocenters. The first-order valence-corrected chi connectivity index (χ1v) is 11.5. The number of thiophene rings is 1. The second-order valence-corrected chi connectivity index (χ2v) is 9.05. The Morgan fingerprint density at radius 1 is 1.21 bits per heavy atom. The molecule has 29 heavy (non-hydrogen) atoms. The highest BCUT2D eigenvalue weighted by Crippen LogP contribution is 2.32. The number of carbonyl (C=O) groups excluding carboxylic acids is 1. The van der Waals surface area contributed by atoms with Crippen molar-refractivity contribution in [1.82, 2.24) is 14.9 Å². The third-order valence-corrected chi connectivity index (χ3v) is 7.18. The summed E-state index contributed by atoms with van der Waals surface area (Å²) in [6.45, 7) is 6.49. The Morgan fingerprint density at radius 3 is 2.69 bits per heavy atom. The number of amides is 1. The number of anilines is 1. The topological polar surface area (TPSA) is 49.3 Å². The highest BCUT2D eigenvalue weighted by Gasteiger charge is 2.23. The number of aryl methyl sites for hydroxylation is 2. The van der Waals surface area contributed by atoms with E-state index >= 15 is 0 Å². The summed E-state index contributed by atoms with van der Waals surface area (Å²) in [5.41, 5.74) is 0.608. The lowest BCUT2D eigenvalue weighted by atomic mass is 10.2. The largest absolute Gasteiger partial charge is 0.366 e. The minimum absolute atomic E-state index is 0.0959. The van der Waals surface area contributed by atoms with E-state index < -0.39 is 0 Å². The maximum Gasteiger partial charge on any atom is 0.233 e. The summed E-state index contributed by atoms with van der Waals surface area (Å²) in [4.78, 5) is 28.0. The number of aromatic nitrogens is 2. The van der Waals surface area contributed by atoms with Crippen LogP contribution in [0.4, 0.5) is 10.1 Å². The van der Waals surface area contributed by atoms with Crippen LogP contribution in [0.3, 0.4) is 0 Å². The van der Waals surface area contributed by atoms with Crippen molar-refractivity contribution in [2.75, 3.05) is 36.8 Å². The van der Waals surface area contributed by atoms with Crippen LogP contribution in [0.25, 0.3) is 10.2 Å². The van der Waals surface area contributed by atoms with E-state index in [9.17, 15) is 9.18 Å². The summed E-state index contributed by atoms with van der Waals surface area (Å²) in [6.07, 6.45) is 0.968. The molecule has 1 amide bonds. The van der Waals surface area contributed by atoms with Gasteiger partial charge in [0.2, 0.25) is 5.91 Å². The molecule has 3 aromatic rings. The molecule has 1 fully saturated rings. The van der Waals surface area contributed by atoms with Gasteiger partial charge < -0.3 is 9.80 Å². The van der Waals surface area contributed by atoms with Gasteiger partial charge in [0.15, 0.2) is 0 Å². The van der Waals surface area contributed by atoms with E-state index in [1.165, 1.54) is 22.7 Å². The summed E-state index contributed by atoms with van der Waals surface area (Å²) in [7, 11) is 0. The van der Waals surface area contributed by atoms with Crippen LogP contribution in [0.2, 0.25) is 0 Å². The third-order valence-electron chi connectivity index (χ3n) is 5.03. The number of fused-ring (bicyclic) bond motifs is 1. The van der Waals surface area contributed by atoms with Crippen LogP contribution in [0.15, 0.2) is 35.4 Å². The lowest BCUT2D eigenvalue weighted by Gasteiger charge is -2.36. The number of benzene rings is 1. The lowest BCUT2D eigenvalue weighted by molar-refractivity contribution is -0.128. The van der Waals surface area contributed by atoms with E-state index in [2.05, 4.69) is 23.0 Å². The smallest absolute Gasteiger partial charge is 0.233 e. The Morgan fingerprint density at radius 2 is 1.97 bits per heavy atom. The molecule has 5 nitrogen and oxygen atoms in total. The molecule has 0 spiro atoms. The quantitative estimate of drug-likeness (QED) is 0.450. The Hall–Kier alpha value is -2.19. The highest BCUT2D eigenvalue weighted by atomic mass is 32.2. The van der Waals surface area contributed by atoms with Crippen molar-refractivity contribution in [2.24, 2.45) is 0 Å². The van der Waals surface area contributed by atoms with Gasteiger partial charge in [-0.05, 0) is 31.5 Å². The van der Waals surface area contributed by atoms with Crippen LogP contribution in [-0.4, -0.2) is 52.7 Å². The fraction of sp³-hybridized carbons (Fsp3) is 0.381. The first kappa shape index (κ1) is 20.1. The Labute approximate surface area is 177 Å². The standard InChI is InChI=1S/C21H23FN4OS2/c1-3-15-12-16-20(23-14(2)24-21(16)29-15)28-13-19(27)26-10-8-25(9-11-26)18-7-5-4-6-17(18)22/h4-7,12H,3,8-11,13H2,1-2H3. The number of rotatable bonds is 5. The van der Waals surface area contributed by atoms with Gasteiger partial charge in [0.05, 0.1) is 11.4 Å². The van der Waals surface area contributed by atoms with E-state index in [0.717, 1.165) is 27.5 Å². The van der Waals surface area contributed by atoms with Crippen molar-refractivity contribution < 1.29 is 9.18 Å². The average molecular weight is 431 g/mol. The number of hydrogen-bond donors (Lipinski definition) is 0. The predicted octanol–water partition coefficient (Wildman–Crippen LogP) is 4.14. The van der Waals surface area contributed by atoms with E-state index in [0.29, 0.717) is 37.6 Å². The molecule has 0 bridgehead atoms. The van der Waals surface area contributed by atoms with Crippen LogP contribution in [0.1, 0.15) is 17.6 Å². The van der Waals surface area contributed by atoms with Gasteiger partial charge in [0.25, 0.3) is 0 Å². The predicted molar refractivity (Wildman–Crippen MR) is 117 cm³/mol. The van der Waals surface area contributed by atoms with Gasteiger partial charge in [-0.1, -0.05) is 30.8 Å². The van der Waals surface area contributed by atoms with Gasteiger partial charge in [-0.15, -0.1) is 11.3 Å². The number of piperazine rings is 1. The highest BCUT2D eigenvalue weighted by molar-refractivity contribution is 8.00. The third kappa shape index (κ3) is 4.38. The first-order chi connectivity index (χ1) is 14.0. The lowest BCUT2D eigenvalue weighted by Crippen LogP contribution is -2.49. The van der Waals surface area contributed by atoms with Crippen LogP contribution >= 0.6 is 23.1 Å². The molecular formula is C21H23FN4OS2. The van der Waals surface area contributed by atoms with Crippen LogP contribution in [-0.2, 0) is 11.2 Å². The van der Waals surface area contributed by atoms with Gasteiger partial charge in [0, 0.05) is 36.4 Å². The fourth-order valence-electron chi connectivity index (χ4n) is 3.46. The average Bonchev–Trinajstić information content (AvgIpc) is 3.15. The molecule has 0 aliphatic carbocycles. The number of halogens is 1. The Balaban J connectivity index is 1.38. The zero-order valence-corrected chi connectivity index (χ0v) is 18.2. The number of nitrogens with zero attached hydrogens (tertiary/aromatic N) is 4. The second-order valence-electron chi connectivity index (χ2n) is 6.97. The van der Waals surface area contributed by atoms with Crippen molar-refractivity contribution in [2.45, 2.75) is 25.3 Å². The molecule has 1 aliphatic heterocycles. The second kappa shape index (κ2) is 8.67. The molecule has 2 aromatic heterocycles. The molecule has 4 rings (SSSR count). The van der Waals surface area contributed by atoms with Gasteiger partial charge in [-0.25, -0.2) is 14.4 Å². The molecule has 0 N–H and O–H groups in total. The van der Waals surface area contributed by atoms with E-state index in [1.54, 1.807) is 23.5 Å². The molecule has 1 saturated heterocycles. The molecule has 1 aliphatic rings. The molecule has 0 unspecified atom stereocenters. The zero-order chi connectivity index (χ0) is 20.4. The molecule has 3 heterocycles. The van der Waals surface area contributed by atoms with Crippen molar-refractivity contribution in [3.8, 4) is 0 Å². The van der Waals surface area contributed by atoms with Crippen molar-refractivity contribution in [3.05, 3.63) is 46.9 Å².